The zero-order chi connectivity index (χ0) is 20.6. The third-order valence-corrected chi connectivity index (χ3v) is 4.48. The van der Waals surface area contributed by atoms with Gasteiger partial charge in [0.1, 0.15) is 5.75 Å². The second kappa shape index (κ2) is 9.55. The molecule has 0 aliphatic heterocycles. The average Bonchev–Trinajstić information content (AvgIpc) is 2.75. The van der Waals surface area contributed by atoms with E-state index in [1.807, 2.05) is 66.7 Å². The molecule has 0 fully saturated rings. The summed E-state index contributed by atoms with van der Waals surface area (Å²) in [4.78, 5) is 23.8. The van der Waals surface area contributed by atoms with Gasteiger partial charge in [-0.25, -0.2) is 0 Å². The molecule has 0 spiro atoms. The largest absolute Gasteiger partial charge is 0.484 e. The van der Waals surface area contributed by atoms with Crippen molar-refractivity contribution in [3.8, 4) is 5.75 Å². The zero-order valence-electron chi connectivity index (χ0n) is 16.5. The van der Waals surface area contributed by atoms with Crippen LogP contribution in [0.3, 0.4) is 0 Å². The predicted octanol–water partition coefficient (Wildman–Crippen LogP) is 4.20. The second-order valence-electron chi connectivity index (χ2n) is 6.95. The normalized spacial score (nSPS) is 11.0. The average molecular weight is 388 g/mol. The van der Waals surface area contributed by atoms with Crippen LogP contribution >= 0.6 is 0 Å². The SMILES string of the molecule is CC(C)c1ccc(OCC(=O)NNC(=O)C=Cc2cccc3ccccc23)cc1. The number of benzene rings is 3. The molecule has 0 saturated heterocycles. The lowest BCUT2D eigenvalue weighted by Crippen LogP contribution is -2.43. The van der Waals surface area contributed by atoms with Crippen LogP contribution in [0, 0.1) is 0 Å². The Hall–Kier alpha value is -3.60. The van der Waals surface area contributed by atoms with Crippen molar-refractivity contribution in [2.45, 2.75) is 19.8 Å². The molecule has 3 aromatic rings. The first kappa shape index (κ1) is 20.1. The van der Waals surface area contributed by atoms with Gasteiger partial charge < -0.3 is 4.74 Å². The lowest BCUT2D eigenvalue weighted by atomic mass is 10.0. The molecule has 148 valence electrons. The van der Waals surface area contributed by atoms with Crippen molar-refractivity contribution in [2.24, 2.45) is 0 Å². The summed E-state index contributed by atoms with van der Waals surface area (Å²) < 4.78 is 5.43. The van der Waals surface area contributed by atoms with Gasteiger partial charge in [0.2, 0.25) is 0 Å². The predicted molar refractivity (Wildman–Crippen MR) is 115 cm³/mol. The van der Waals surface area contributed by atoms with Gasteiger partial charge in [-0.2, -0.15) is 0 Å². The molecular formula is C24H24N2O3. The number of hydrazine groups is 1. The van der Waals surface area contributed by atoms with Gasteiger partial charge in [0.15, 0.2) is 6.61 Å². The fourth-order valence-corrected chi connectivity index (χ4v) is 2.87. The molecule has 0 radical (unpaired) electrons. The van der Waals surface area contributed by atoms with E-state index in [-0.39, 0.29) is 6.61 Å². The number of carbonyl (C=O) groups excluding carboxylic acids is 2. The van der Waals surface area contributed by atoms with Crippen LogP contribution in [0.1, 0.15) is 30.9 Å². The third kappa shape index (κ3) is 5.69. The molecule has 0 atom stereocenters. The van der Waals surface area contributed by atoms with Crippen molar-refractivity contribution in [2.75, 3.05) is 6.61 Å². The Morgan fingerprint density at radius 3 is 2.41 bits per heavy atom. The van der Waals surface area contributed by atoms with Gasteiger partial charge in [0.25, 0.3) is 11.8 Å². The Bertz CT molecular complexity index is 1020. The Morgan fingerprint density at radius 1 is 0.931 bits per heavy atom. The second-order valence-corrected chi connectivity index (χ2v) is 6.95. The summed E-state index contributed by atoms with van der Waals surface area (Å²) in [5.41, 5.74) is 6.83. The fraction of sp³-hybridized carbons (Fsp3) is 0.167. The maximum atomic E-state index is 12.0. The quantitative estimate of drug-likeness (QED) is 0.491. The van der Waals surface area contributed by atoms with Crippen LogP contribution in [0.2, 0.25) is 0 Å². The first-order valence-electron chi connectivity index (χ1n) is 9.50. The van der Waals surface area contributed by atoms with Crippen LogP contribution in [0.25, 0.3) is 16.8 Å². The summed E-state index contributed by atoms with van der Waals surface area (Å²) in [6.07, 6.45) is 3.10. The number of amides is 2. The molecule has 3 aromatic carbocycles. The monoisotopic (exact) mass is 388 g/mol. The summed E-state index contributed by atoms with van der Waals surface area (Å²) in [7, 11) is 0. The number of carbonyl (C=O) groups is 2. The minimum Gasteiger partial charge on any atom is -0.484 e. The number of nitrogens with one attached hydrogen (secondary N) is 2. The molecule has 0 saturated carbocycles. The lowest BCUT2D eigenvalue weighted by Gasteiger charge is -2.09. The maximum Gasteiger partial charge on any atom is 0.276 e. The molecule has 0 aromatic heterocycles. The highest BCUT2D eigenvalue weighted by atomic mass is 16.5. The molecular weight excluding hydrogens is 364 g/mol. The molecule has 3 rings (SSSR count). The summed E-state index contributed by atoms with van der Waals surface area (Å²) in [6.45, 7) is 4.04. The number of ether oxygens (including phenoxy) is 1. The summed E-state index contributed by atoms with van der Waals surface area (Å²) >= 11 is 0. The molecule has 0 heterocycles. The van der Waals surface area contributed by atoms with E-state index in [1.165, 1.54) is 11.6 Å². The first-order valence-corrected chi connectivity index (χ1v) is 9.50. The smallest absolute Gasteiger partial charge is 0.276 e. The van der Waals surface area contributed by atoms with Crippen LogP contribution in [-0.4, -0.2) is 18.4 Å². The van der Waals surface area contributed by atoms with Crippen molar-refractivity contribution in [3.63, 3.8) is 0 Å². The maximum absolute atomic E-state index is 12.0. The highest BCUT2D eigenvalue weighted by Gasteiger charge is 2.05. The fourth-order valence-electron chi connectivity index (χ4n) is 2.87. The van der Waals surface area contributed by atoms with E-state index < -0.39 is 11.8 Å². The standard InChI is InChI=1S/C24H24N2O3/c1-17(2)18-10-13-21(14-11-18)29-16-24(28)26-25-23(27)15-12-20-8-5-7-19-6-3-4-9-22(19)20/h3-15,17H,16H2,1-2H3,(H,25,27)(H,26,28). The van der Waals surface area contributed by atoms with Crippen molar-refractivity contribution in [1.82, 2.24) is 10.9 Å². The Balaban J connectivity index is 1.47. The topological polar surface area (TPSA) is 67.4 Å². The molecule has 5 heteroatoms. The summed E-state index contributed by atoms with van der Waals surface area (Å²) in [5.74, 6) is 0.175. The molecule has 2 amide bonds. The van der Waals surface area contributed by atoms with E-state index in [0.717, 1.165) is 16.3 Å². The minimum absolute atomic E-state index is 0.186. The van der Waals surface area contributed by atoms with Gasteiger partial charge >= 0.3 is 0 Å². The lowest BCUT2D eigenvalue weighted by molar-refractivity contribution is -0.128. The van der Waals surface area contributed by atoms with Gasteiger partial charge in [-0.3, -0.25) is 20.4 Å². The van der Waals surface area contributed by atoms with E-state index in [2.05, 4.69) is 24.7 Å². The van der Waals surface area contributed by atoms with Crippen LogP contribution < -0.4 is 15.6 Å². The van der Waals surface area contributed by atoms with Crippen LogP contribution in [0.4, 0.5) is 0 Å². The van der Waals surface area contributed by atoms with Gasteiger partial charge in [0.05, 0.1) is 0 Å². The van der Waals surface area contributed by atoms with Gasteiger partial charge in [-0.05, 0) is 46.0 Å². The van der Waals surface area contributed by atoms with Gasteiger partial charge in [0, 0.05) is 6.08 Å². The number of fused-ring (bicyclic) bond motifs is 1. The number of rotatable bonds is 6. The first-order chi connectivity index (χ1) is 14.0. The Labute approximate surface area is 170 Å². The molecule has 2 N–H and O–H groups in total. The minimum atomic E-state index is -0.440. The van der Waals surface area contributed by atoms with E-state index in [4.69, 9.17) is 4.74 Å². The van der Waals surface area contributed by atoms with Crippen LogP contribution in [-0.2, 0) is 9.59 Å². The number of hydrogen-bond donors (Lipinski definition) is 2. The van der Waals surface area contributed by atoms with Gasteiger partial charge in [-0.1, -0.05) is 68.4 Å². The van der Waals surface area contributed by atoms with E-state index >= 15 is 0 Å². The Morgan fingerprint density at radius 2 is 1.66 bits per heavy atom. The van der Waals surface area contributed by atoms with Crippen molar-refractivity contribution >= 4 is 28.7 Å². The van der Waals surface area contributed by atoms with E-state index in [0.29, 0.717) is 11.7 Å². The molecule has 5 nitrogen and oxygen atoms in total. The zero-order valence-corrected chi connectivity index (χ0v) is 16.5. The van der Waals surface area contributed by atoms with E-state index in [9.17, 15) is 9.59 Å². The highest BCUT2D eigenvalue weighted by Crippen LogP contribution is 2.20. The van der Waals surface area contributed by atoms with Crippen molar-refractivity contribution in [3.05, 3.63) is 83.9 Å². The molecule has 0 unspecified atom stereocenters. The van der Waals surface area contributed by atoms with Crippen molar-refractivity contribution < 1.29 is 14.3 Å². The van der Waals surface area contributed by atoms with E-state index in [1.54, 1.807) is 6.08 Å². The van der Waals surface area contributed by atoms with Crippen molar-refractivity contribution in [1.29, 1.82) is 0 Å². The summed E-state index contributed by atoms with van der Waals surface area (Å²) in [6, 6.07) is 21.4. The van der Waals surface area contributed by atoms with Crippen LogP contribution in [0.15, 0.2) is 72.8 Å². The Kier molecular flexibility index (Phi) is 6.63. The van der Waals surface area contributed by atoms with Gasteiger partial charge in [-0.15, -0.1) is 0 Å². The molecule has 29 heavy (non-hydrogen) atoms. The highest BCUT2D eigenvalue weighted by molar-refractivity contribution is 5.97. The molecule has 0 aliphatic rings. The van der Waals surface area contributed by atoms with Crippen LogP contribution in [0.5, 0.6) is 5.75 Å². The number of hydrogen-bond acceptors (Lipinski definition) is 3. The third-order valence-electron chi connectivity index (χ3n) is 4.48. The molecule has 0 aliphatic carbocycles. The summed E-state index contributed by atoms with van der Waals surface area (Å²) in [5, 5.41) is 2.15. The molecule has 0 bridgehead atoms.